The Hall–Kier alpha value is -1.95. The molecule has 0 unspecified atom stereocenters. The molecule has 3 aromatic heterocycles. The smallest absolute Gasteiger partial charge is 0.203 e. The molecule has 0 aliphatic heterocycles. The van der Waals surface area contributed by atoms with Crippen molar-refractivity contribution < 1.29 is 0 Å². The first-order valence-corrected chi connectivity index (χ1v) is 5.84. The molecule has 0 saturated carbocycles. The summed E-state index contributed by atoms with van der Waals surface area (Å²) in [6, 6.07) is 1.86. The van der Waals surface area contributed by atoms with Gasteiger partial charge in [-0.05, 0) is 25.5 Å². The van der Waals surface area contributed by atoms with Gasteiger partial charge in [-0.25, -0.2) is 0 Å². The first-order valence-electron chi connectivity index (χ1n) is 5.46. The first kappa shape index (κ1) is 11.2. The third kappa shape index (κ3) is 1.42. The molecule has 3 heterocycles. The van der Waals surface area contributed by atoms with E-state index in [1.54, 1.807) is 15.4 Å². The standard InChI is InChI=1S/C11H11ClN6/c1-6-7(2)10-14-15-11(18(10)16-9(6)12)8-4-5-13-17(8)3/h4-5H,1-3H3. The van der Waals surface area contributed by atoms with Gasteiger partial charge in [-0.1, -0.05) is 11.6 Å². The van der Waals surface area contributed by atoms with Gasteiger partial charge in [0.15, 0.2) is 10.8 Å². The van der Waals surface area contributed by atoms with Crippen molar-refractivity contribution in [2.45, 2.75) is 13.8 Å². The molecule has 0 fully saturated rings. The Morgan fingerprint density at radius 3 is 2.61 bits per heavy atom. The fourth-order valence-electron chi connectivity index (χ4n) is 1.85. The highest BCUT2D eigenvalue weighted by Crippen LogP contribution is 2.23. The van der Waals surface area contributed by atoms with Crippen molar-refractivity contribution in [3.63, 3.8) is 0 Å². The van der Waals surface area contributed by atoms with Gasteiger partial charge in [-0.2, -0.15) is 14.7 Å². The lowest BCUT2D eigenvalue weighted by atomic mass is 10.2. The number of halogens is 1. The van der Waals surface area contributed by atoms with Crippen molar-refractivity contribution in [2.75, 3.05) is 0 Å². The zero-order valence-corrected chi connectivity index (χ0v) is 11.0. The lowest BCUT2D eigenvalue weighted by Gasteiger charge is -2.05. The molecule has 0 spiro atoms. The molecule has 18 heavy (non-hydrogen) atoms. The van der Waals surface area contributed by atoms with Crippen LogP contribution in [0.2, 0.25) is 5.15 Å². The lowest BCUT2D eigenvalue weighted by Crippen LogP contribution is -2.02. The fraction of sp³-hybridized carbons (Fsp3) is 0.273. The fourth-order valence-corrected chi connectivity index (χ4v) is 2.06. The van der Waals surface area contributed by atoms with E-state index >= 15 is 0 Å². The summed E-state index contributed by atoms with van der Waals surface area (Å²) in [5.74, 6) is 0.634. The van der Waals surface area contributed by atoms with Gasteiger partial charge in [0.25, 0.3) is 0 Å². The van der Waals surface area contributed by atoms with Gasteiger partial charge in [0.1, 0.15) is 5.69 Å². The average Bonchev–Trinajstić information content (AvgIpc) is 2.92. The van der Waals surface area contributed by atoms with Crippen molar-refractivity contribution in [1.29, 1.82) is 0 Å². The topological polar surface area (TPSA) is 60.9 Å². The maximum absolute atomic E-state index is 6.11. The maximum Gasteiger partial charge on any atom is 0.203 e. The van der Waals surface area contributed by atoms with Crippen LogP contribution in [-0.2, 0) is 7.05 Å². The molecule has 0 amide bonds. The number of aryl methyl sites for hydroxylation is 2. The summed E-state index contributed by atoms with van der Waals surface area (Å²) in [5.41, 5.74) is 3.46. The highest BCUT2D eigenvalue weighted by atomic mass is 35.5. The molecule has 0 aliphatic carbocycles. The average molecular weight is 263 g/mol. The third-order valence-electron chi connectivity index (χ3n) is 3.09. The van der Waals surface area contributed by atoms with E-state index in [1.165, 1.54) is 0 Å². The van der Waals surface area contributed by atoms with Crippen molar-refractivity contribution in [1.82, 2.24) is 29.6 Å². The summed E-state index contributed by atoms with van der Waals surface area (Å²) in [6.07, 6.45) is 1.71. The van der Waals surface area contributed by atoms with Gasteiger partial charge in [0.2, 0.25) is 5.82 Å². The summed E-state index contributed by atoms with van der Waals surface area (Å²) in [4.78, 5) is 0. The number of aromatic nitrogens is 6. The van der Waals surface area contributed by atoms with Crippen LogP contribution in [-0.4, -0.2) is 29.6 Å². The molecule has 0 aromatic carbocycles. The summed E-state index contributed by atoms with van der Waals surface area (Å²) in [6.45, 7) is 3.88. The van der Waals surface area contributed by atoms with E-state index in [1.807, 2.05) is 27.0 Å². The second kappa shape index (κ2) is 3.78. The van der Waals surface area contributed by atoms with E-state index in [0.29, 0.717) is 16.6 Å². The van der Waals surface area contributed by atoms with E-state index in [-0.39, 0.29) is 0 Å². The Balaban J connectivity index is 2.37. The molecular formula is C11H11ClN6. The van der Waals surface area contributed by atoms with Gasteiger partial charge < -0.3 is 0 Å². The van der Waals surface area contributed by atoms with E-state index in [9.17, 15) is 0 Å². The highest BCUT2D eigenvalue weighted by molar-refractivity contribution is 6.30. The molecule has 6 nitrogen and oxygen atoms in total. The van der Waals surface area contributed by atoms with Crippen LogP contribution in [0.1, 0.15) is 11.1 Å². The maximum atomic E-state index is 6.11. The number of fused-ring (bicyclic) bond motifs is 1. The van der Waals surface area contributed by atoms with E-state index < -0.39 is 0 Å². The minimum absolute atomic E-state index is 0.461. The normalized spacial score (nSPS) is 11.3. The molecule has 7 heteroatoms. The summed E-state index contributed by atoms with van der Waals surface area (Å²) >= 11 is 6.11. The molecule has 0 N–H and O–H groups in total. The molecule has 3 rings (SSSR count). The van der Waals surface area contributed by atoms with Gasteiger partial charge >= 0.3 is 0 Å². The van der Waals surface area contributed by atoms with E-state index in [4.69, 9.17) is 11.6 Å². The second-order valence-electron chi connectivity index (χ2n) is 4.14. The van der Waals surface area contributed by atoms with Crippen LogP contribution >= 0.6 is 11.6 Å². The van der Waals surface area contributed by atoms with Crippen LogP contribution in [0, 0.1) is 13.8 Å². The SMILES string of the molecule is Cc1c(Cl)nn2c(-c3ccnn3C)nnc2c1C. The molecule has 0 saturated heterocycles. The van der Waals surface area contributed by atoms with Crippen molar-refractivity contribution in [2.24, 2.45) is 7.05 Å². The van der Waals surface area contributed by atoms with Crippen LogP contribution in [0.25, 0.3) is 17.2 Å². The van der Waals surface area contributed by atoms with Gasteiger partial charge in [-0.3, -0.25) is 4.68 Å². The monoisotopic (exact) mass is 262 g/mol. The molecule has 0 atom stereocenters. The number of rotatable bonds is 1. The number of hydrogen-bond donors (Lipinski definition) is 0. The van der Waals surface area contributed by atoms with Gasteiger partial charge in [0, 0.05) is 18.8 Å². The number of hydrogen-bond acceptors (Lipinski definition) is 4. The highest BCUT2D eigenvalue weighted by Gasteiger charge is 2.16. The van der Waals surface area contributed by atoms with Crippen molar-refractivity contribution >= 4 is 17.2 Å². The molecule has 3 aromatic rings. The minimum atomic E-state index is 0.461. The Morgan fingerprint density at radius 2 is 1.94 bits per heavy atom. The zero-order valence-electron chi connectivity index (χ0n) is 10.2. The van der Waals surface area contributed by atoms with E-state index in [0.717, 1.165) is 16.8 Å². The molecule has 0 bridgehead atoms. The molecule has 0 aliphatic rings. The Morgan fingerprint density at radius 1 is 1.17 bits per heavy atom. The lowest BCUT2D eigenvalue weighted by molar-refractivity contribution is 0.763. The first-order chi connectivity index (χ1) is 8.59. The van der Waals surface area contributed by atoms with Crippen molar-refractivity contribution in [3.8, 4) is 11.5 Å². The molecular weight excluding hydrogens is 252 g/mol. The van der Waals surface area contributed by atoms with Crippen molar-refractivity contribution in [3.05, 3.63) is 28.5 Å². The van der Waals surface area contributed by atoms with Gasteiger partial charge in [0.05, 0.1) is 0 Å². The minimum Gasteiger partial charge on any atom is -0.265 e. The second-order valence-corrected chi connectivity index (χ2v) is 4.50. The van der Waals surface area contributed by atoms with E-state index in [2.05, 4.69) is 20.4 Å². The number of nitrogens with zero attached hydrogens (tertiary/aromatic N) is 6. The third-order valence-corrected chi connectivity index (χ3v) is 3.44. The molecule has 92 valence electrons. The van der Waals surface area contributed by atoms with Crippen LogP contribution < -0.4 is 0 Å². The zero-order chi connectivity index (χ0) is 12.9. The largest absolute Gasteiger partial charge is 0.265 e. The quantitative estimate of drug-likeness (QED) is 0.671. The van der Waals surface area contributed by atoms with Crippen LogP contribution in [0.4, 0.5) is 0 Å². The summed E-state index contributed by atoms with van der Waals surface area (Å²) in [7, 11) is 1.85. The Kier molecular flexibility index (Phi) is 2.34. The Bertz CT molecular complexity index is 741. The van der Waals surface area contributed by atoms with Gasteiger partial charge in [-0.15, -0.1) is 10.2 Å². The predicted molar refractivity (Wildman–Crippen MR) is 67.5 cm³/mol. The predicted octanol–water partition coefficient (Wildman–Crippen LogP) is 1.80. The summed E-state index contributed by atoms with van der Waals surface area (Å²) in [5, 5.41) is 17.2. The van der Waals surface area contributed by atoms with Crippen LogP contribution in [0.15, 0.2) is 12.3 Å². The van der Waals surface area contributed by atoms with Crippen LogP contribution in [0.3, 0.4) is 0 Å². The summed E-state index contributed by atoms with van der Waals surface area (Å²) < 4.78 is 3.38. The Labute approximate surface area is 108 Å². The molecule has 0 radical (unpaired) electrons. The van der Waals surface area contributed by atoms with Crippen LogP contribution in [0.5, 0.6) is 0 Å².